The Morgan fingerprint density at radius 2 is 2.15 bits per heavy atom. The van der Waals surface area contributed by atoms with Crippen LogP contribution in [0.4, 0.5) is 0 Å². The lowest BCUT2D eigenvalue weighted by molar-refractivity contribution is 0.0697. The summed E-state index contributed by atoms with van der Waals surface area (Å²) in [6, 6.07) is 6.85. The maximum absolute atomic E-state index is 10.9. The molecule has 0 aliphatic heterocycles. The fourth-order valence-corrected chi connectivity index (χ4v) is 2.25. The van der Waals surface area contributed by atoms with Gasteiger partial charge in [-0.25, -0.2) is 4.79 Å². The molecule has 1 aromatic heterocycles. The number of aromatic carboxylic acids is 1. The Morgan fingerprint density at radius 1 is 1.40 bits per heavy atom. The molecule has 0 fully saturated rings. The number of aromatic nitrogens is 1. The molecule has 0 aliphatic carbocycles. The molecule has 2 aromatic rings. The Balaban J connectivity index is 2.02. The van der Waals surface area contributed by atoms with Gasteiger partial charge in [0.25, 0.3) is 0 Å². The minimum atomic E-state index is -1.02. The van der Waals surface area contributed by atoms with Gasteiger partial charge < -0.3 is 9.63 Å². The van der Waals surface area contributed by atoms with E-state index in [0.29, 0.717) is 13.1 Å². The molecular weight excluding hydrogens is 280 g/mol. The number of hydrogen-bond donors (Lipinski definition) is 1. The van der Waals surface area contributed by atoms with E-state index in [9.17, 15) is 4.79 Å². The van der Waals surface area contributed by atoms with Crippen LogP contribution < -0.4 is 0 Å². The summed E-state index contributed by atoms with van der Waals surface area (Å²) in [5.74, 6) is -0.241. The highest BCUT2D eigenvalue weighted by atomic mass is 35.5. The zero-order valence-electron chi connectivity index (χ0n) is 11.3. The van der Waals surface area contributed by atoms with Crippen LogP contribution in [0.5, 0.6) is 0 Å². The van der Waals surface area contributed by atoms with E-state index in [2.05, 4.69) is 5.16 Å². The van der Waals surface area contributed by atoms with E-state index in [1.807, 2.05) is 24.9 Å². The number of halogens is 1. The quantitative estimate of drug-likeness (QED) is 0.918. The minimum Gasteiger partial charge on any atom is -0.478 e. The third kappa shape index (κ3) is 3.59. The molecule has 0 saturated heterocycles. The van der Waals surface area contributed by atoms with Gasteiger partial charge in [0, 0.05) is 19.2 Å². The largest absolute Gasteiger partial charge is 0.478 e. The summed E-state index contributed by atoms with van der Waals surface area (Å²) in [4.78, 5) is 12.9. The van der Waals surface area contributed by atoms with Crippen LogP contribution in [0.2, 0.25) is 5.02 Å². The zero-order chi connectivity index (χ0) is 14.7. The first-order valence-corrected chi connectivity index (χ1v) is 6.46. The van der Waals surface area contributed by atoms with Crippen molar-refractivity contribution in [3.63, 3.8) is 0 Å². The van der Waals surface area contributed by atoms with Crippen molar-refractivity contribution in [2.24, 2.45) is 0 Å². The molecule has 1 N–H and O–H groups in total. The first-order valence-electron chi connectivity index (χ1n) is 6.08. The molecule has 0 unspecified atom stereocenters. The standard InChI is InChI=1S/C14H15ClN2O3/c1-9-5-11(16-20-9)8-17(2)7-10-3-4-12(14(18)19)13(15)6-10/h3-6H,7-8H2,1-2H3,(H,18,19). The molecule has 106 valence electrons. The van der Waals surface area contributed by atoms with Gasteiger partial charge in [0.2, 0.25) is 0 Å². The molecule has 0 saturated carbocycles. The van der Waals surface area contributed by atoms with Gasteiger partial charge in [-0.1, -0.05) is 22.8 Å². The Morgan fingerprint density at radius 3 is 2.70 bits per heavy atom. The smallest absolute Gasteiger partial charge is 0.337 e. The molecule has 0 aliphatic rings. The van der Waals surface area contributed by atoms with Crippen LogP contribution in [0.25, 0.3) is 0 Å². The number of carbonyl (C=O) groups is 1. The number of benzene rings is 1. The maximum atomic E-state index is 10.9. The molecule has 6 heteroatoms. The predicted octanol–water partition coefficient (Wildman–Crippen LogP) is 2.97. The molecule has 0 bridgehead atoms. The van der Waals surface area contributed by atoms with Crippen LogP contribution in [0, 0.1) is 6.92 Å². The summed E-state index contributed by atoms with van der Waals surface area (Å²) < 4.78 is 5.01. The number of hydrogen-bond acceptors (Lipinski definition) is 4. The average molecular weight is 295 g/mol. The molecular formula is C14H15ClN2O3. The van der Waals surface area contributed by atoms with E-state index in [0.717, 1.165) is 17.0 Å². The molecule has 0 radical (unpaired) electrons. The second kappa shape index (κ2) is 6.07. The molecule has 0 amide bonds. The van der Waals surface area contributed by atoms with Gasteiger partial charge >= 0.3 is 5.97 Å². The molecule has 20 heavy (non-hydrogen) atoms. The first-order chi connectivity index (χ1) is 9.45. The zero-order valence-corrected chi connectivity index (χ0v) is 12.0. The van der Waals surface area contributed by atoms with E-state index in [1.54, 1.807) is 12.1 Å². The van der Waals surface area contributed by atoms with E-state index < -0.39 is 5.97 Å². The first kappa shape index (κ1) is 14.6. The number of carboxylic acid groups (broad SMARTS) is 1. The van der Waals surface area contributed by atoms with Crippen molar-refractivity contribution in [1.29, 1.82) is 0 Å². The molecule has 0 spiro atoms. The maximum Gasteiger partial charge on any atom is 0.337 e. The highest BCUT2D eigenvalue weighted by Gasteiger charge is 2.10. The summed E-state index contributed by atoms with van der Waals surface area (Å²) in [7, 11) is 1.95. The number of carboxylic acids is 1. The average Bonchev–Trinajstić information content (AvgIpc) is 2.74. The van der Waals surface area contributed by atoms with E-state index in [-0.39, 0.29) is 10.6 Å². The third-order valence-corrected chi connectivity index (χ3v) is 3.14. The number of nitrogens with zero attached hydrogens (tertiary/aromatic N) is 2. The van der Waals surface area contributed by atoms with Crippen molar-refractivity contribution in [1.82, 2.24) is 10.1 Å². The van der Waals surface area contributed by atoms with Gasteiger partial charge in [-0.05, 0) is 31.7 Å². The number of rotatable bonds is 5. The predicted molar refractivity (Wildman–Crippen MR) is 74.8 cm³/mol. The SMILES string of the molecule is Cc1cc(CN(C)Cc2ccc(C(=O)O)c(Cl)c2)no1. The van der Waals surface area contributed by atoms with E-state index in [4.69, 9.17) is 21.2 Å². The molecule has 1 aromatic carbocycles. The lowest BCUT2D eigenvalue weighted by Gasteiger charge is -2.15. The Labute approximate surface area is 121 Å². The van der Waals surface area contributed by atoms with Crippen molar-refractivity contribution in [3.05, 3.63) is 51.9 Å². The summed E-state index contributed by atoms with van der Waals surface area (Å²) in [6.45, 7) is 3.14. The second-order valence-electron chi connectivity index (χ2n) is 4.72. The van der Waals surface area contributed by atoms with Crippen molar-refractivity contribution in [3.8, 4) is 0 Å². The fourth-order valence-electron chi connectivity index (χ4n) is 1.97. The minimum absolute atomic E-state index is 0.116. The number of aryl methyl sites for hydroxylation is 1. The summed E-state index contributed by atoms with van der Waals surface area (Å²) in [5.41, 5.74) is 1.92. The second-order valence-corrected chi connectivity index (χ2v) is 5.13. The van der Waals surface area contributed by atoms with Crippen molar-refractivity contribution in [2.45, 2.75) is 20.0 Å². The van der Waals surface area contributed by atoms with Crippen LogP contribution in [0.15, 0.2) is 28.8 Å². The van der Waals surface area contributed by atoms with Crippen LogP contribution in [-0.2, 0) is 13.1 Å². The van der Waals surface area contributed by atoms with Gasteiger partial charge in [-0.2, -0.15) is 0 Å². The summed E-state index contributed by atoms with van der Waals surface area (Å²) in [6.07, 6.45) is 0. The fraction of sp³-hybridized carbons (Fsp3) is 0.286. The normalized spacial score (nSPS) is 11.0. The van der Waals surface area contributed by atoms with Crippen LogP contribution in [0.3, 0.4) is 0 Å². The molecule has 2 rings (SSSR count). The summed E-state index contributed by atoms with van der Waals surface area (Å²) in [5, 5.41) is 13.1. The van der Waals surface area contributed by atoms with Crippen LogP contribution >= 0.6 is 11.6 Å². The van der Waals surface area contributed by atoms with Gasteiger partial charge in [0.05, 0.1) is 16.3 Å². The van der Waals surface area contributed by atoms with Gasteiger partial charge in [0.15, 0.2) is 0 Å². The highest BCUT2D eigenvalue weighted by Crippen LogP contribution is 2.19. The third-order valence-electron chi connectivity index (χ3n) is 2.83. The Hall–Kier alpha value is -1.85. The molecule has 1 heterocycles. The Bertz CT molecular complexity index is 625. The monoisotopic (exact) mass is 294 g/mol. The lowest BCUT2D eigenvalue weighted by Crippen LogP contribution is -2.17. The van der Waals surface area contributed by atoms with Crippen molar-refractivity contribution < 1.29 is 14.4 Å². The molecule has 0 atom stereocenters. The Kier molecular flexibility index (Phi) is 4.42. The van der Waals surface area contributed by atoms with Crippen molar-refractivity contribution >= 4 is 17.6 Å². The topological polar surface area (TPSA) is 66.6 Å². The highest BCUT2D eigenvalue weighted by molar-refractivity contribution is 6.33. The van der Waals surface area contributed by atoms with Crippen molar-refractivity contribution in [2.75, 3.05) is 7.05 Å². The van der Waals surface area contributed by atoms with Gasteiger partial charge in [-0.15, -0.1) is 0 Å². The van der Waals surface area contributed by atoms with Gasteiger partial charge in [-0.3, -0.25) is 4.90 Å². The van der Waals surface area contributed by atoms with E-state index >= 15 is 0 Å². The van der Waals surface area contributed by atoms with Gasteiger partial charge in [0.1, 0.15) is 5.76 Å². The lowest BCUT2D eigenvalue weighted by atomic mass is 10.1. The van der Waals surface area contributed by atoms with Crippen LogP contribution in [0.1, 0.15) is 27.4 Å². The summed E-state index contributed by atoms with van der Waals surface area (Å²) >= 11 is 5.94. The van der Waals surface area contributed by atoms with E-state index in [1.165, 1.54) is 6.07 Å². The molecule has 5 nitrogen and oxygen atoms in total. The van der Waals surface area contributed by atoms with Crippen LogP contribution in [-0.4, -0.2) is 28.2 Å².